The first kappa shape index (κ1) is 10.1. The molecule has 0 amide bonds. The van der Waals surface area contributed by atoms with Crippen LogP contribution >= 0.6 is 0 Å². The highest BCUT2D eigenvalue weighted by Crippen LogP contribution is 2.34. The van der Waals surface area contributed by atoms with Crippen LogP contribution in [0.25, 0.3) is 0 Å². The molecule has 0 radical (unpaired) electrons. The molecular formula is C15H19N. The summed E-state index contributed by atoms with van der Waals surface area (Å²) in [7, 11) is 0. The van der Waals surface area contributed by atoms with Crippen LogP contribution in [-0.2, 0) is 0 Å². The Kier molecular flexibility index (Phi) is 2.56. The fourth-order valence-corrected chi connectivity index (χ4v) is 3.06. The molecule has 1 unspecified atom stereocenters. The Labute approximate surface area is 97.8 Å². The summed E-state index contributed by atoms with van der Waals surface area (Å²) in [4.78, 5) is 2.64. The molecule has 1 nitrogen and oxygen atoms in total. The van der Waals surface area contributed by atoms with E-state index in [1.54, 1.807) is 5.57 Å². The Morgan fingerprint density at radius 3 is 2.81 bits per heavy atom. The second-order valence-electron chi connectivity index (χ2n) is 5.17. The molecule has 0 aliphatic carbocycles. The van der Waals surface area contributed by atoms with Gasteiger partial charge in [0.05, 0.1) is 0 Å². The van der Waals surface area contributed by atoms with E-state index in [-0.39, 0.29) is 0 Å². The Balaban J connectivity index is 1.79. The van der Waals surface area contributed by atoms with E-state index < -0.39 is 0 Å². The highest BCUT2D eigenvalue weighted by Gasteiger charge is 2.32. The number of nitrogens with zero attached hydrogens (tertiary/aromatic N) is 1. The molecule has 1 aromatic rings. The highest BCUT2D eigenvalue weighted by molar-refractivity contribution is 5.24. The molecule has 16 heavy (non-hydrogen) atoms. The summed E-state index contributed by atoms with van der Waals surface area (Å²) in [6.07, 6.45) is 5.05. The van der Waals surface area contributed by atoms with Crippen LogP contribution < -0.4 is 0 Å². The molecular weight excluding hydrogens is 194 g/mol. The van der Waals surface area contributed by atoms with Crippen LogP contribution in [0.15, 0.2) is 42.0 Å². The third kappa shape index (κ3) is 1.80. The van der Waals surface area contributed by atoms with Crippen molar-refractivity contribution < 1.29 is 0 Å². The fraction of sp³-hybridized carbons (Fsp3) is 0.467. The van der Waals surface area contributed by atoms with Gasteiger partial charge in [-0.1, -0.05) is 42.0 Å². The van der Waals surface area contributed by atoms with Gasteiger partial charge in [0.2, 0.25) is 0 Å². The number of fused-ring (bicyclic) bond motifs is 1. The van der Waals surface area contributed by atoms with Crippen molar-refractivity contribution in [3.05, 3.63) is 47.5 Å². The van der Waals surface area contributed by atoms with Crippen LogP contribution in [-0.4, -0.2) is 24.0 Å². The predicted molar refractivity (Wildman–Crippen MR) is 67.5 cm³/mol. The lowest BCUT2D eigenvalue weighted by atomic mass is 9.95. The average Bonchev–Trinajstić information content (AvgIpc) is 2.73. The zero-order valence-corrected chi connectivity index (χ0v) is 9.89. The lowest BCUT2D eigenvalue weighted by Crippen LogP contribution is -2.32. The third-order valence-corrected chi connectivity index (χ3v) is 3.99. The molecule has 0 aromatic heterocycles. The average molecular weight is 213 g/mol. The van der Waals surface area contributed by atoms with E-state index in [1.165, 1.54) is 31.5 Å². The summed E-state index contributed by atoms with van der Waals surface area (Å²) in [5.41, 5.74) is 3.10. The molecule has 84 valence electrons. The Morgan fingerprint density at radius 1 is 1.19 bits per heavy atom. The van der Waals surface area contributed by atoms with Crippen LogP contribution in [0.3, 0.4) is 0 Å². The van der Waals surface area contributed by atoms with Crippen molar-refractivity contribution in [3.8, 4) is 0 Å². The van der Waals surface area contributed by atoms with E-state index >= 15 is 0 Å². The van der Waals surface area contributed by atoms with Gasteiger partial charge in [-0.2, -0.15) is 0 Å². The first-order valence-corrected chi connectivity index (χ1v) is 6.29. The van der Waals surface area contributed by atoms with E-state index in [9.17, 15) is 0 Å². The molecule has 1 fully saturated rings. The van der Waals surface area contributed by atoms with Gasteiger partial charge < -0.3 is 0 Å². The first-order valence-electron chi connectivity index (χ1n) is 6.29. The number of benzene rings is 1. The second kappa shape index (κ2) is 4.06. The molecule has 0 spiro atoms. The monoisotopic (exact) mass is 213 g/mol. The van der Waals surface area contributed by atoms with Gasteiger partial charge in [0.15, 0.2) is 0 Å². The van der Waals surface area contributed by atoms with Crippen molar-refractivity contribution in [2.75, 3.05) is 13.1 Å². The standard InChI is InChI=1S/C15H19N/c1-12-7-8-16-11-14(10-15(16)9-12)13-5-3-2-4-6-13/h2-6,9,14-15H,7-8,10-11H2,1H3/t14-,15?/m0/s1. The van der Waals surface area contributed by atoms with Crippen molar-refractivity contribution in [2.24, 2.45) is 0 Å². The quantitative estimate of drug-likeness (QED) is 0.648. The fourth-order valence-electron chi connectivity index (χ4n) is 3.06. The molecule has 1 aromatic carbocycles. The molecule has 2 aliphatic rings. The van der Waals surface area contributed by atoms with E-state index in [0.29, 0.717) is 6.04 Å². The number of hydrogen-bond acceptors (Lipinski definition) is 1. The topological polar surface area (TPSA) is 3.24 Å². The highest BCUT2D eigenvalue weighted by atomic mass is 15.2. The lowest BCUT2D eigenvalue weighted by molar-refractivity contribution is 0.277. The SMILES string of the molecule is CC1=CC2C[C@H](c3ccccc3)CN2CC1. The van der Waals surface area contributed by atoms with Crippen LogP contribution in [0, 0.1) is 0 Å². The van der Waals surface area contributed by atoms with Gasteiger partial charge >= 0.3 is 0 Å². The van der Waals surface area contributed by atoms with Crippen LogP contribution in [0.2, 0.25) is 0 Å². The summed E-state index contributed by atoms with van der Waals surface area (Å²) in [5.74, 6) is 0.744. The van der Waals surface area contributed by atoms with Crippen molar-refractivity contribution in [1.29, 1.82) is 0 Å². The van der Waals surface area contributed by atoms with Crippen molar-refractivity contribution in [3.63, 3.8) is 0 Å². The smallest absolute Gasteiger partial charge is 0.0287 e. The molecule has 2 atom stereocenters. The molecule has 0 N–H and O–H groups in total. The van der Waals surface area contributed by atoms with Crippen molar-refractivity contribution in [2.45, 2.75) is 31.7 Å². The maximum atomic E-state index is 2.64. The number of rotatable bonds is 1. The summed E-state index contributed by atoms with van der Waals surface area (Å²) >= 11 is 0. The Morgan fingerprint density at radius 2 is 2.00 bits per heavy atom. The summed E-state index contributed by atoms with van der Waals surface area (Å²) < 4.78 is 0. The Hall–Kier alpha value is -1.08. The third-order valence-electron chi connectivity index (χ3n) is 3.99. The maximum Gasteiger partial charge on any atom is 0.0287 e. The van der Waals surface area contributed by atoms with E-state index in [1.807, 2.05) is 0 Å². The van der Waals surface area contributed by atoms with Crippen LogP contribution in [0.5, 0.6) is 0 Å². The van der Waals surface area contributed by atoms with E-state index in [0.717, 1.165) is 5.92 Å². The summed E-state index contributed by atoms with van der Waals surface area (Å²) in [6, 6.07) is 11.7. The Bertz CT molecular complexity index is 393. The van der Waals surface area contributed by atoms with Crippen LogP contribution in [0.1, 0.15) is 31.2 Å². The molecule has 0 saturated carbocycles. The minimum Gasteiger partial charge on any atom is -0.296 e. The van der Waals surface area contributed by atoms with Gasteiger partial charge in [-0.3, -0.25) is 4.90 Å². The minimum atomic E-state index is 0.707. The lowest BCUT2D eigenvalue weighted by Gasteiger charge is -2.26. The summed E-state index contributed by atoms with van der Waals surface area (Å²) in [6.45, 7) is 4.78. The molecule has 1 heteroatoms. The molecule has 2 heterocycles. The van der Waals surface area contributed by atoms with Gasteiger partial charge in [-0.05, 0) is 31.2 Å². The van der Waals surface area contributed by atoms with E-state index in [4.69, 9.17) is 0 Å². The van der Waals surface area contributed by atoms with E-state index in [2.05, 4.69) is 48.2 Å². The number of hydrogen-bond donors (Lipinski definition) is 0. The van der Waals surface area contributed by atoms with Gasteiger partial charge in [0.1, 0.15) is 0 Å². The van der Waals surface area contributed by atoms with Gasteiger partial charge in [0.25, 0.3) is 0 Å². The summed E-state index contributed by atoms with van der Waals surface area (Å²) in [5, 5.41) is 0. The van der Waals surface area contributed by atoms with Crippen LogP contribution in [0.4, 0.5) is 0 Å². The predicted octanol–water partition coefficient (Wildman–Crippen LogP) is 3.19. The molecule has 0 bridgehead atoms. The molecule has 3 rings (SSSR count). The van der Waals surface area contributed by atoms with Crippen molar-refractivity contribution in [1.82, 2.24) is 4.90 Å². The normalized spacial score (nSPS) is 29.9. The molecule has 2 aliphatic heterocycles. The van der Waals surface area contributed by atoms with Crippen molar-refractivity contribution >= 4 is 0 Å². The molecule has 1 saturated heterocycles. The second-order valence-corrected chi connectivity index (χ2v) is 5.17. The van der Waals surface area contributed by atoms with Gasteiger partial charge in [0, 0.05) is 19.1 Å². The largest absolute Gasteiger partial charge is 0.296 e. The first-order chi connectivity index (χ1) is 7.83. The van der Waals surface area contributed by atoms with Gasteiger partial charge in [-0.25, -0.2) is 0 Å². The maximum absolute atomic E-state index is 2.64. The zero-order chi connectivity index (χ0) is 11.0. The van der Waals surface area contributed by atoms with Gasteiger partial charge in [-0.15, -0.1) is 0 Å². The minimum absolute atomic E-state index is 0.707. The zero-order valence-electron chi connectivity index (χ0n) is 9.89.